The van der Waals surface area contributed by atoms with Crippen molar-refractivity contribution in [1.82, 2.24) is 9.88 Å². The fourth-order valence-corrected chi connectivity index (χ4v) is 3.03. The van der Waals surface area contributed by atoms with Gasteiger partial charge in [-0.1, -0.05) is 17.7 Å². The van der Waals surface area contributed by atoms with E-state index >= 15 is 0 Å². The van der Waals surface area contributed by atoms with Gasteiger partial charge >= 0.3 is 5.97 Å². The third-order valence-corrected chi connectivity index (χ3v) is 4.43. The van der Waals surface area contributed by atoms with Crippen molar-refractivity contribution >= 4 is 23.5 Å². The number of hydrogen-bond acceptors (Lipinski definition) is 4. The number of pyridine rings is 1. The van der Waals surface area contributed by atoms with Crippen molar-refractivity contribution < 1.29 is 14.3 Å². The number of carbonyl (C=O) groups excluding carboxylic acids is 2. The van der Waals surface area contributed by atoms with Gasteiger partial charge in [-0.25, -0.2) is 4.98 Å². The molecule has 1 aromatic heterocycles. The molecule has 6 heteroatoms. The highest BCUT2D eigenvalue weighted by atomic mass is 35.5. The van der Waals surface area contributed by atoms with Crippen LogP contribution >= 0.6 is 11.6 Å². The van der Waals surface area contributed by atoms with Crippen LogP contribution < -0.4 is 0 Å². The molecule has 118 valence electrons. The Morgan fingerprint density at radius 3 is 2.91 bits per heavy atom. The molecular weight excluding hydrogens is 304 g/mol. The first-order valence-electron chi connectivity index (χ1n) is 7.60. The second kappa shape index (κ2) is 6.24. The number of carbonyl (C=O) groups is 2. The van der Waals surface area contributed by atoms with Gasteiger partial charge in [-0.15, -0.1) is 0 Å². The largest absolute Gasteiger partial charge is 0.465 e. The van der Waals surface area contributed by atoms with Gasteiger partial charge in [0.1, 0.15) is 5.15 Å². The Balaban J connectivity index is 1.47. The summed E-state index contributed by atoms with van der Waals surface area (Å²) in [5.41, 5.74) is 1.48. The van der Waals surface area contributed by atoms with Gasteiger partial charge in [0.15, 0.2) is 0 Å². The summed E-state index contributed by atoms with van der Waals surface area (Å²) in [4.78, 5) is 29.8. The fourth-order valence-electron chi connectivity index (χ4n) is 2.76. The number of rotatable bonds is 5. The van der Waals surface area contributed by atoms with E-state index in [1.54, 1.807) is 6.07 Å². The van der Waals surface area contributed by atoms with E-state index in [9.17, 15) is 9.59 Å². The van der Waals surface area contributed by atoms with Crippen LogP contribution in [0, 0.1) is 12.8 Å². The molecule has 1 saturated carbocycles. The predicted molar refractivity (Wildman–Crippen MR) is 81.5 cm³/mol. The van der Waals surface area contributed by atoms with E-state index in [-0.39, 0.29) is 24.2 Å². The number of amides is 1. The number of esters is 1. The number of hydrogen-bond donors (Lipinski definition) is 0. The molecule has 1 amide bonds. The fraction of sp³-hybridized carbons (Fsp3) is 0.562. The minimum Gasteiger partial charge on any atom is -0.465 e. The summed E-state index contributed by atoms with van der Waals surface area (Å²) in [6.45, 7) is 2.85. The SMILES string of the molecule is Cc1ccc(CC(=O)OCC2CC(=O)N(C3CC3)C2)c(Cl)n1. The normalized spacial score (nSPS) is 21.3. The van der Waals surface area contributed by atoms with E-state index in [0.29, 0.717) is 36.3 Å². The van der Waals surface area contributed by atoms with Gasteiger partial charge in [-0.3, -0.25) is 9.59 Å². The molecule has 2 heterocycles. The van der Waals surface area contributed by atoms with E-state index in [2.05, 4.69) is 4.98 Å². The summed E-state index contributed by atoms with van der Waals surface area (Å²) < 4.78 is 5.31. The summed E-state index contributed by atoms with van der Waals surface area (Å²) in [5, 5.41) is 0.341. The molecule has 5 nitrogen and oxygen atoms in total. The molecule has 22 heavy (non-hydrogen) atoms. The van der Waals surface area contributed by atoms with Gasteiger partial charge in [0, 0.05) is 36.2 Å². The molecule has 0 bridgehead atoms. The van der Waals surface area contributed by atoms with Crippen molar-refractivity contribution in [3.8, 4) is 0 Å². The molecule has 1 aliphatic heterocycles. The number of nitrogens with zero attached hydrogens (tertiary/aromatic N) is 2. The summed E-state index contributed by atoms with van der Waals surface area (Å²) in [6, 6.07) is 4.04. The summed E-state index contributed by atoms with van der Waals surface area (Å²) in [5.74, 6) is -0.0251. The Labute approximate surface area is 134 Å². The maximum atomic E-state index is 11.9. The molecule has 2 fully saturated rings. The molecule has 0 aromatic carbocycles. The topological polar surface area (TPSA) is 59.5 Å². The zero-order valence-electron chi connectivity index (χ0n) is 12.5. The lowest BCUT2D eigenvalue weighted by Gasteiger charge is -2.15. The molecule has 2 aliphatic rings. The summed E-state index contributed by atoms with van der Waals surface area (Å²) >= 11 is 6.01. The molecule has 3 rings (SSSR count). The highest BCUT2D eigenvalue weighted by Gasteiger charge is 2.39. The van der Waals surface area contributed by atoms with Crippen LogP contribution in [0.15, 0.2) is 12.1 Å². The second-order valence-corrected chi connectivity index (χ2v) is 6.47. The van der Waals surface area contributed by atoms with Gasteiger partial charge in [-0.05, 0) is 25.8 Å². The van der Waals surface area contributed by atoms with Gasteiger partial charge in [0.25, 0.3) is 0 Å². The molecular formula is C16H19ClN2O3. The Morgan fingerprint density at radius 1 is 1.45 bits per heavy atom. The second-order valence-electron chi connectivity index (χ2n) is 6.11. The minimum atomic E-state index is -0.329. The lowest BCUT2D eigenvalue weighted by Crippen LogP contribution is -2.28. The van der Waals surface area contributed by atoms with Crippen LogP contribution in [0.2, 0.25) is 5.15 Å². The molecule has 1 aliphatic carbocycles. The van der Waals surface area contributed by atoms with Gasteiger partial charge in [-0.2, -0.15) is 0 Å². The first-order valence-corrected chi connectivity index (χ1v) is 7.98. The van der Waals surface area contributed by atoms with Gasteiger partial charge in [0.05, 0.1) is 13.0 Å². The van der Waals surface area contributed by atoms with Crippen molar-refractivity contribution in [2.45, 2.75) is 38.6 Å². The van der Waals surface area contributed by atoms with Gasteiger partial charge in [0.2, 0.25) is 5.91 Å². The maximum absolute atomic E-state index is 11.9. The van der Waals surface area contributed by atoms with Crippen molar-refractivity contribution in [2.75, 3.05) is 13.2 Å². The van der Waals surface area contributed by atoms with Crippen LogP contribution in [0.1, 0.15) is 30.5 Å². The first-order chi connectivity index (χ1) is 10.5. The van der Waals surface area contributed by atoms with Crippen LogP contribution in [0.5, 0.6) is 0 Å². The van der Waals surface area contributed by atoms with Crippen molar-refractivity contribution in [1.29, 1.82) is 0 Å². The first kappa shape index (κ1) is 15.3. The molecule has 0 radical (unpaired) electrons. The Hall–Kier alpha value is -1.62. The standard InChI is InChI=1S/C16H19ClN2O3/c1-10-2-3-12(16(17)18-10)7-15(21)22-9-11-6-14(20)19(8-11)13-4-5-13/h2-3,11,13H,4-9H2,1H3. The average Bonchev–Trinajstić information content (AvgIpc) is 3.23. The third-order valence-electron chi connectivity index (χ3n) is 4.11. The lowest BCUT2D eigenvalue weighted by molar-refractivity contribution is -0.144. The Morgan fingerprint density at radius 2 is 2.23 bits per heavy atom. The van der Waals surface area contributed by atoms with Crippen molar-refractivity contribution in [3.05, 3.63) is 28.5 Å². The number of halogens is 1. The van der Waals surface area contributed by atoms with E-state index in [1.165, 1.54) is 0 Å². The van der Waals surface area contributed by atoms with Crippen LogP contribution in [-0.2, 0) is 20.7 Å². The van der Waals surface area contributed by atoms with Crippen LogP contribution in [0.3, 0.4) is 0 Å². The number of aromatic nitrogens is 1. The van der Waals surface area contributed by atoms with Crippen LogP contribution in [0.25, 0.3) is 0 Å². The van der Waals surface area contributed by atoms with E-state index < -0.39 is 0 Å². The number of aryl methyl sites for hydroxylation is 1. The van der Waals surface area contributed by atoms with E-state index in [1.807, 2.05) is 17.9 Å². The molecule has 0 spiro atoms. The highest BCUT2D eigenvalue weighted by Crippen LogP contribution is 2.32. The monoisotopic (exact) mass is 322 g/mol. The number of likely N-dealkylation sites (tertiary alicyclic amines) is 1. The number of ether oxygens (including phenoxy) is 1. The zero-order chi connectivity index (χ0) is 15.7. The Bertz CT molecular complexity index is 601. The molecule has 1 aromatic rings. The third kappa shape index (κ3) is 3.58. The molecule has 1 atom stereocenters. The summed E-state index contributed by atoms with van der Waals surface area (Å²) in [7, 11) is 0. The van der Waals surface area contributed by atoms with E-state index in [0.717, 1.165) is 18.5 Å². The quantitative estimate of drug-likeness (QED) is 0.615. The zero-order valence-corrected chi connectivity index (χ0v) is 13.3. The van der Waals surface area contributed by atoms with E-state index in [4.69, 9.17) is 16.3 Å². The summed E-state index contributed by atoms with van der Waals surface area (Å²) in [6.07, 6.45) is 2.81. The lowest BCUT2D eigenvalue weighted by atomic mass is 10.1. The molecule has 1 unspecified atom stereocenters. The molecule has 1 saturated heterocycles. The van der Waals surface area contributed by atoms with Crippen molar-refractivity contribution in [3.63, 3.8) is 0 Å². The highest BCUT2D eigenvalue weighted by molar-refractivity contribution is 6.30. The smallest absolute Gasteiger partial charge is 0.310 e. The minimum absolute atomic E-state index is 0.110. The van der Waals surface area contributed by atoms with Gasteiger partial charge < -0.3 is 9.64 Å². The average molecular weight is 323 g/mol. The van der Waals surface area contributed by atoms with Crippen molar-refractivity contribution in [2.24, 2.45) is 5.92 Å². The molecule has 0 N–H and O–H groups in total. The maximum Gasteiger partial charge on any atom is 0.310 e. The van der Waals surface area contributed by atoms with Crippen LogP contribution in [0.4, 0.5) is 0 Å². The predicted octanol–water partition coefficient (Wildman–Crippen LogP) is 2.14. The van der Waals surface area contributed by atoms with Crippen LogP contribution in [-0.4, -0.2) is 41.0 Å². The Kier molecular flexibility index (Phi) is 4.34.